The fraction of sp³-hybridized carbons (Fsp3) is 0.0909. The summed E-state index contributed by atoms with van der Waals surface area (Å²) in [5.74, 6) is -1.17. The predicted molar refractivity (Wildman–Crippen MR) is 61.6 cm³/mol. The van der Waals surface area contributed by atoms with Crippen molar-refractivity contribution in [3.63, 3.8) is 0 Å². The number of hydrogen-bond donors (Lipinski definition) is 3. The lowest BCUT2D eigenvalue weighted by Gasteiger charge is -2.22. The van der Waals surface area contributed by atoms with E-state index in [1.54, 1.807) is 24.3 Å². The molecule has 1 heterocycles. The third-order valence-electron chi connectivity index (χ3n) is 2.33. The van der Waals surface area contributed by atoms with Gasteiger partial charge in [0.15, 0.2) is 0 Å². The summed E-state index contributed by atoms with van der Waals surface area (Å²) in [6, 6.07) is 5.82. The van der Waals surface area contributed by atoms with Gasteiger partial charge in [0.25, 0.3) is 0 Å². The van der Waals surface area contributed by atoms with E-state index in [1.807, 2.05) is 0 Å². The van der Waals surface area contributed by atoms with Gasteiger partial charge >= 0.3 is 12.0 Å². The number of carbonyl (C=O) groups is 2. The van der Waals surface area contributed by atoms with Gasteiger partial charge in [0, 0.05) is 5.02 Å². The van der Waals surface area contributed by atoms with Crippen molar-refractivity contribution in [1.82, 2.24) is 10.6 Å². The number of urea groups is 1. The number of aliphatic carboxylic acids is 1. The monoisotopic (exact) mass is 252 g/mol. The zero-order chi connectivity index (χ0) is 12.4. The third kappa shape index (κ3) is 2.57. The molecule has 6 heteroatoms. The van der Waals surface area contributed by atoms with Gasteiger partial charge < -0.3 is 15.7 Å². The SMILES string of the molecule is O=C1NC(C(=O)O)=C[C@H](c2ccc(Cl)cc2)N1. The number of nitrogens with one attached hydrogen (secondary N) is 2. The molecule has 88 valence electrons. The van der Waals surface area contributed by atoms with E-state index in [9.17, 15) is 9.59 Å². The average Bonchev–Trinajstić information content (AvgIpc) is 2.29. The molecule has 0 unspecified atom stereocenters. The smallest absolute Gasteiger partial charge is 0.352 e. The van der Waals surface area contributed by atoms with E-state index >= 15 is 0 Å². The molecule has 3 N–H and O–H groups in total. The maximum atomic E-state index is 11.3. The largest absolute Gasteiger partial charge is 0.477 e. The molecule has 0 aliphatic carbocycles. The highest BCUT2D eigenvalue weighted by Crippen LogP contribution is 2.20. The van der Waals surface area contributed by atoms with Gasteiger partial charge in [0.1, 0.15) is 5.70 Å². The van der Waals surface area contributed by atoms with E-state index in [-0.39, 0.29) is 5.70 Å². The Hall–Kier alpha value is -2.01. The quantitative estimate of drug-likeness (QED) is 0.749. The standard InChI is InChI=1S/C11H9ClN2O3/c12-7-3-1-6(2-4-7)8-5-9(10(15)16)14-11(17)13-8/h1-5,8H,(H,15,16)(H2,13,14,17)/t8-/m1/s1. The number of hydrogen-bond acceptors (Lipinski definition) is 2. The molecule has 1 atom stereocenters. The predicted octanol–water partition coefficient (Wildman–Crippen LogP) is 1.66. The number of benzene rings is 1. The van der Waals surface area contributed by atoms with Gasteiger partial charge in [-0.3, -0.25) is 0 Å². The highest BCUT2D eigenvalue weighted by Gasteiger charge is 2.22. The van der Waals surface area contributed by atoms with Crippen molar-refractivity contribution in [3.8, 4) is 0 Å². The lowest BCUT2D eigenvalue weighted by molar-refractivity contribution is -0.133. The molecule has 1 aliphatic heterocycles. The first kappa shape index (κ1) is 11.5. The fourth-order valence-electron chi connectivity index (χ4n) is 1.52. The second-order valence-corrected chi connectivity index (χ2v) is 3.95. The molecule has 0 saturated carbocycles. The average molecular weight is 253 g/mol. The Morgan fingerprint density at radius 2 is 1.94 bits per heavy atom. The molecule has 2 rings (SSSR count). The normalized spacial score (nSPS) is 19.0. The van der Waals surface area contributed by atoms with Crippen LogP contribution in [0.2, 0.25) is 5.02 Å². The minimum Gasteiger partial charge on any atom is -0.477 e. The van der Waals surface area contributed by atoms with Crippen LogP contribution >= 0.6 is 11.6 Å². The summed E-state index contributed by atoms with van der Waals surface area (Å²) in [5, 5.41) is 14.2. The first-order valence-corrected chi connectivity index (χ1v) is 5.22. The number of rotatable bonds is 2. The maximum Gasteiger partial charge on any atom is 0.352 e. The molecule has 1 aromatic rings. The van der Waals surface area contributed by atoms with E-state index in [4.69, 9.17) is 16.7 Å². The molecule has 5 nitrogen and oxygen atoms in total. The molecule has 0 bridgehead atoms. The molecule has 0 aromatic heterocycles. The second-order valence-electron chi connectivity index (χ2n) is 3.51. The van der Waals surface area contributed by atoms with Gasteiger partial charge in [-0.1, -0.05) is 23.7 Å². The summed E-state index contributed by atoms with van der Waals surface area (Å²) in [4.78, 5) is 22.1. The van der Waals surface area contributed by atoms with Crippen molar-refractivity contribution in [2.75, 3.05) is 0 Å². The Bertz CT molecular complexity index is 496. The number of carbonyl (C=O) groups excluding carboxylic acids is 1. The summed E-state index contributed by atoms with van der Waals surface area (Å²) in [6.45, 7) is 0. The molecule has 17 heavy (non-hydrogen) atoms. The number of halogens is 1. The Labute approximate surface area is 102 Å². The lowest BCUT2D eigenvalue weighted by Crippen LogP contribution is -2.43. The van der Waals surface area contributed by atoms with Crippen molar-refractivity contribution < 1.29 is 14.7 Å². The van der Waals surface area contributed by atoms with Crippen LogP contribution in [0.5, 0.6) is 0 Å². The van der Waals surface area contributed by atoms with Crippen LogP contribution in [0.15, 0.2) is 36.0 Å². The molecule has 2 amide bonds. The second kappa shape index (κ2) is 4.47. The van der Waals surface area contributed by atoms with E-state index < -0.39 is 18.0 Å². The summed E-state index contributed by atoms with van der Waals surface area (Å²) < 4.78 is 0. The molecular formula is C11H9ClN2O3. The Morgan fingerprint density at radius 3 is 2.53 bits per heavy atom. The minimum absolute atomic E-state index is 0.131. The van der Waals surface area contributed by atoms with Crippen molar-refractivity contribution in [3.05, 3.63) is 46.6 Å². The summed E-state index contributed by atoms with van der Waals surface area (Å²) in [5.41, 5.74) is 0.636. The van der Waals surface area contributed by atoms with E-state index in [1.165, 1.54) is 6.08 Å². The van der Waals surface area contributed by atoms with E-state index in [0.29, 0.717) is 5.02 Å². The van der Waals surface area contributed by atoms with Crippen LogP contribution in [-0.2, 0) is 4.79 Å². The van der Waals surface area contributed by atoms with Crippen LogP contribution in [0.4, 0.5) is 4.79 Å². The Kier molecular flexibility index (Phi) is 3.01. The van der Waals surface area contributed by atoms with Crippen LogP contribution in [0.25, 0.3) is 0 Å². The van der Waals surface area contributed by atoms with Gasteiger partial charge in [-0.15, -0.1) is 0 Å². The highest BCUT2D eigenvalue weighted by atomic mass is 35.5. The summed E-state index contributed by atoms with van der Waals surface area (Å²) in [7, 11) is 0. The number of amides is 2. The van der Waals surface area contributed by atoms with Crippen LogP contribution < -0.4 is 10.6 Å². The van der Waals surface area contributed by atoms with Gasteiger partial charge in [-0.25, -0.2) is 9.59 Å². The van der Waals surface area contributed by atoms with Gasteiger partial charge in [0.2, 0.25) is 0 Å². The maximum absolute atomic E-state index is 11.3. The first-order chi connectivity index (χ1) is 8.06. The third-order valence-corrected chi connectivity index (χ3v) is 2.58. The van der Waals surface area contributed by atoms with Crippen LogP contribution in [0, 0.1) is 0 Å². The Morgan fingerprint density at radius 1 is 1.29 bits per heavy atom. The lowest BCUT2D eigenvalue weighted by atomic mass is 10.0. The van der Waals surface area contributed by atoms with Crippen molar-refractivity contribution in [2.45, 2.75) is 6.04 Å². The van der Waals surface area contributed by atoms with Crippen molar-refractivity contribution in [2.24, 2.45) is 0 Å². The van der Waals surface area contributed by atoms with Crippen molar-refractivity contribution in [1.29, 1.82) is 0 Å². The molecule has 0 radical (unpaired) electrons. The van der Waals surface area contributed by atoms with Gasteiger partial charge in [0.05, 0.1) is 6.04 Å². The van der Waals surface area contributed by atoms with Crippen LogP contribution in [0.3, 0.4) is 0 Å². The van der Waals surface area contributed by atoms with Crippen molar-refractivity contribution >= 4 is 23.6 Å². The van der Waals surface area contributed by atoms with Gasteiger partial charge in [-0.05, 0) is 23.8 Å². The molecule has 1 aliphatic rings. The molecular weight excluding hydrogens is 244 g/mol. The Balaban J connectivity index is 2.32. The first-order valence-electron chi connectivity index (χ1n) is 4.84. The fourth-order valence-corrected chi connectivity index (χ4v) is 1.65. The minimum atomic E-state index is -1.17. The molecule has 0 fully saturated rings. The summed E-state index contributed by atoms with van der Waals surface area (Å²) >= 11 is 5.75. The number of carboxylic acid groups (broad SMARTS) is 1. The van der Waals surface area contributed by atoms with E-state index in [2.05, 4.69) is 10.6 Å². The summed E-state index contributed by atoms with van der Waals surface area (Å²) in [6.07, 6.45) is 1.44. The van der Waals surface area contributed by atoms with Crippen LogP contribution in [0.1, 0.15) is 11.6 Å². The molecule has 1 aromatic carbocycles. The molecule has 0 spiro atoms. The van der Waals surface area contributed by atoms with Gasteiger partial charge in [-0.2, -0.15) is 0 Å². The van der Waals surface area contributed by atoms with Crippen LogP contribution in [-0.4, -0.2) is 17.1 Å². The topological polar surface area (TPSA) is 78.4 Å². The molecule has 0 saturated heterocycles. The zero-order valence-electron chi connectivity index (χ0n) is 8.61. The van der Waals surface area contributed by atoms with E-state index in [0.717, 1.165) is 5.56 Å². The highest BCUT2D eigenvalue weighted by molar-refractivity contribution is 6.30. The number of carboxylic acids is 1. The zero-order valence-corrected chi connectivity index (χ0v) is 9.36.